The van der Waals surface area contributed by atoms with E-state index < -0.39 is 37.6 Å². The maximum Gasteiger partial charge on any atom is 0.284 e. The van der Waals surface area contributed by atoms with Crippen molar-refractivity contribution >= 4 is 28.8 Å². The third kappa shape index (κ3) is 2.09. The lowest BCUT2D eigenvalue weighted by molar-refractivity contribution is -0.419. The Kier molecular flexibility index (Phi) is 2.89. The predicted molar refractivity (Wildman–Crippen MR) is 75.0 cm³/mol. The lowest BCUT2D eigenvalue weighted by atomic mass is 9.96. The van der Waals surface area contributed by atoms with Crippen LogP contribution in [0.2, 0.25) is 0 Å². The number of hydrogen-bond donors (Lipinski definition) is 0. The summed E-state index contributed by atoms with van der Waals surface area (Å²) in [5.74, 6) is -0.749. The topological polar surface area (TPSA) is 146 Å². The number of fused-ring (bicyclic) bond motifs is 2. The summed E-state index contributed by atoms with van der Waals surface area (Å²) in [6, 6.07) is 1.86. The van der Waals surface area contributed by atoms with Crippen LogP contribution in [0.15, 0.2) is 35.6 Å². The standard InChI is InChI=1S/C13H5N3O7/c17-11-5-9(15(20)21)3-7-1-6-2-8(14(18)19)4-10(16(22)23)12(6)13(7)11/h1-5H. The summed E-state index contributed by atoms with van der Waals surface area (Å²) in [5.41, 5.74) is -1.47. The molecule has 0 heterocycles. The monoisotopic (exact) mass is 315 g/mol. The lowest BCUT2D eigenvalue weighted by Gasteiger charge is -2.06. The lowest BCUT2D eigenvalue weighted by Crippen LogP contribution is -2.28. The molecule has 0 fully saturated rings. The van der Waals surface area contributed by atoms with Crippen molar-refractivity contribution in [1.82, 2.24) is 0 Å². The molecule has 0 atom stereocenters. The molecule has 0 N–H and O–H groups in total. The number of benzene rings is 1. The van der Waals surface area contributed by atoms with E-state index in [1.165, 1.54) is 6.08 Å². The predicted octanol–water partition coefficient (Wildman–Crippen LogP) is 0.117. The smallest absolute Gasteiger partial charge is 0.284 e. The highest BCUT2D eigenvalue weighted by atomic mass is 16.6. The fourth-order valence-corrected chi connectivity index (χ4v) is 2.55. The van der Waals surface area contributed by atoms with Gasteiger partial charge in [-0.05, 0) is 16.9 Å². The molecule has 2 aliphatic carbocycles. The van der Waals surface area contributed by atoms with Crippen molar-refractivity contribution in [2.45, 2.75) is 0 Å². The van der Waals surface area contributed by atoms with Gasteiger partial charge in [0.1, 0.15) is 0 Å². The number of hydrogen-bond acceptors (Lipinski definition) is 7. The number of non-ortho nitro benzene ring substituents is 2. The Balaban J connectivity index is 2.41. The highest BCUT2D eigenvalue weighted by Gasteiger charge is 2.31. The van der Waals surface area contributed by atoms with Gasteiger partial charge in [0.05, 0.1) is 32.1 Å². The van der Waals surface area contributed by atoms with E-state index in [4.69, 9.17) is 0 Å². The SMILES string of the molecule is O=C1C=C([N+](=O)[O-])C=C2C=c3cc([N+](=O)[O-])cc([N+](=O)[O-])c3=C12. The summed E-state index contributed by atoms with van der Waals surface area (Å²) in [7, 11) is 0. The van der Waals surface area contributed by atoms with E-state index in [1.807, 2.05) is 0 Å². The molecule has 1 aromatic rings. The van der Waals surface area contributed by atoms with Gasteiger partial charge in [-0.15, -0.1) is 0 Å². The van der Waals surface area contributed by atoms with E-state index >= 15 is 0 Å². The third-order valence-corrected chi connectivity index (χ3v) is 3.43. The number of nitro groups is 3. The Labute approximate surface area is 125 Å². The highest BCUT2D eigenvalue weighted by molar-refractivity contribution is 6.30. The highest BCUT2D eigenvalue weighted by Crippen LogP contribution is 2.27. The van der Waals surface area contributed by atoms with Crippen molar-refractivity contribution in [2.24, 2.45) is 0 Å². The zero-order valence-corrected chi connectivity index (χ0v) is 11.1. The fourth-order valence-electron chi connectivity index (χ4n) is 2.55. The minimum atomic E-state index is -0.824. The summed E-state index contributed by atoms with van der Waals surface area (Å²) >= 11 is 0. The Morgan fingerprint density at radius 3 is 2.09 bits per heavy atom. The van der Waals surface area contributed by atoms with Gasteiger partial charge in [0.15, 0.2) is 5.78 Å². The van der Waals surface area contributed by atoms with Crippen LogP contribution in [-0.2, 0) is 4.79 Å². The molecule has 0 aliphatic heterocycles. The molecule has 0 aromatic heterocycles. The van der Waals surface area contributed by atoms with E-state index in [2.05, 4.69) is 0 Å². The normalized spacial score (nSPS) is 15.1. The number of allylic oxidation sites excluding steroid dienone is 3. The first-order valence-corrected chi connectivity index (χ1v) is 6.11. The number of ketones is 1. The van der Waals surface area contributed by atoms with Crippen molar-refractivity contribution < 1.29 is 19.6 Å². The van der Waals surface area contributed by atoms with E-state index in [0.717, 1.165) is 24.3 Å². The molecule has 3 rings (SSSR count). The van der Waals surface area contributed by atoms with Gasteiger partial charge >= 0.3 is 0 Å². The molecule has 23 heavy (non-hydrogen) atoms. The van der Waals surface area contributed by atoms with Crippen LogP contribution in [0.1, 0.15) is 0 Å². The van der Waals surface area contributed by atoms with Gasteiger partial charge < -0.3 is 0 Å². The van der Waals surface area contributed by atoms with Gasteiger partial charge in [0.25, 0.3) is 17.1 Å². The van der Waals surface area contributed by atoms with Gasteiger partial charge in [0.2, 0.25) is 0 Å². The molecule has 0 bridgehead atoms. The number of rotatable bonds is 3. The number of carbonyl (C=O) groups is 1. The van der Waals surface area contributed by atoms with Crippen molar-refractivity contribution in [3.8, 4) is 0 Å². The fraction of sp³-hybridized carbons (Fsp3) is 0. The number of carbonyl (C=O) groups excluding carboxylic acids is 1. The van der Waals surface area contributed by atoms with Crippen LogP contribution in [0.5, 0.6) is 0 Å². The summed E-state index contributed by atoms with van der Waals surface area (Å²) in [6.07, 6.45) is 3.16. The minimum absolute atomic E-state index is 0.0597. The van der Waals surface area contributed by atoms with Crippen molar-refractivity contribution in [3.63, 3.8) is 0 Å². The summed E-state index contributed by atoms with van der Waals surface area (Å²) in [4.78, 5) is 42.6. The Morgan fingerprint density at radius 1 is 0.826 bits per heavy atom. The van der Waals surface area contributed by atoms with E-state index in [1.54, 1.807) is 0 Å². The second-order valence-corrected chi connectivity index (χ2v) is 4.75. The Bertz CT molecular complexity index is 1020. The molecule has 10 heteroatoms. The molecular weight excluding hydrogens is 310 g/mol. The van der Waals surface area contributed by atoms with E-state index in [0.29, 0.717) is 0 Å². The Hall–Kier alpha value is -3.69. The van der Waals surface area contributed by atoms with Gasteiger partial charge in [-0.1, -0.05) is 0 Å². The van der Waals surface area contributed by atoms with Crippen LogP contribution < -0.4 is 10.4 Å². The molecular formula is C13H5N3O7. The number of nitrogens with zero attached hydrogens (tertiary/aromatic N) is 3. The maximum atomic E-state index is 12.1. The zero-order valence-electron chi connectivity index (χ0n) is 11.1. The third-order valence-electron chi connectivity index (χ3n) is 3.43. The first kappa shape index (κ1) is 14.3. The summed E-state index contributed by atoms with van der Waals surface area (Å²) in [6.45, 7) is 0. The first-order valence-electron chi connectivity index (χ1n) is 6.11. The minimum Gasteiger partial charge on any atom is -0.289 e. The van der Waals surface area contributed by atoms with Crippen molar-refractivity contribution in [1.29, 1.82) is 0 Å². The second-order valence-electron chi connectivity index (χ2n) is 4.75. The average molecular weight is 315 g/mol. The van der Waals surface area contributed by atoms with Gasteiger partial charge in [-0.2, -0.15) is 0 Å². The average Bonchev–Trinajstić information content (AvgIpc) is 2.84. The second kappa shape index (κ2) is 4.66. The molecule has 0 spiro atoms. The molecule has 0 unspecified atom stereocenters. The molecule has 0 saturated heterocycles. The molecule has 114 valence electrons. The summed E-state index contributed by atoms with van der Waals surface area (Å²) in [5, 5.41) is 32.9. The van der Waals surface area contributed by atoms with Crippen LogP contribution >= 0.6 is 0 Å². The molecule has 1 aromatic carbocycles. The van der Waals surface area contributed by atoms with Crippen LogP contribution in [0, 0.1) is 30.3 Å². The Morgan fingerprint density at radius 2 is 1.52 bits per heavy atom. The molecule has 10 nitrogen and oxygen atoms in total. The van der Waals surface area contributed by atoms with Crippen LogP contribution in [-0.4, -0.2) is 20.6 Å². The quantitative estimate of drug-likeness (QED) is 0.568. The first-order chi connectivity index (χ1) is 10.8. The van der Waals surface area contributed by atoms with E-state index in [9.17, 15) is 35.1 Å². The van der Waals surface area contributed by atoms with Crippen molar-refractivity contribution in [3.05, 3.63) is 76.3 Å². The number of nitro benzene ring substituents is 2. The molecule has 0 amide bonds. The maximum absolute atomic E-state index is 12.1. The summed E-state index contributed by atoms with van der Waals surface area (Å²) < 4.78 is 0. The van der Waals surface area contributed by atoms with Crippen molar-refractivity contribution in [2.75, 3.05) is 0 Å². The zero-order chi connectivity index (χ0) is 16.9. The van der Waals surface area contributed by atoms with Crippen LogP contribution in [0.4, 0.5) is 11.4 Å². The largest absolute Gasteiger partial charge is 0.289 e. The molecule has 2 aliphatic rings. The van der Waals surface area contributed by atoms with Gasteiger partial charge in [0, 0.05) is 17.7 Å². The van der Waals surface area contributed by atoms with Crippen LogP contribution in [0.3, 0.4) is 0 Å². The van der Waals surface area contributed by atoms with Gasteiger partial charge in [-0.25, -0.2) is 0 Å². The molecule has 0 saturated carbocycles. The van der Waals surface area contributed by atoms with E-state index in [-0.39, 0.29) is 21.6 Å². The van der Waals surface area contributed by atoms with Gasteiger partial charge in [-0.3, -0.25) is 35.1 Å². The molecule has 0 radical (unpaired) electrons. The van der Waals surface area contributed by atoms with Crippen LogP contribution in [0.25, 0.3) is 11.6 Å².